The van der Waals surface area contributed by atoms with Crippen LogP contribution in [0.2, 0.25) is 0 Å². The summed E-state index contributed by atoms with van der Waals surface area (Å²) in [4.78, 5) is 50.6. The van der Waals surface area contributed by atoms with E-state index in [1.165, 1.54) is 4.90 Å². The molecule has 0 radical (unpaired) electrons. The maximum absolute atomic E-state index is 12.4. The predicted molar refractivity (Wildman–Crippen MR) is 86.4 cm³/mol. The molecular formula is C16H15BrN2O5. The molecule has 126 valence electrons. The van der Waals surface area contributed by atoms with Gasteiger partial charge in [-0.15, -0.1) is 0 Å². The van der Waals surface area contributed by atoms with Crippen molar-refractivity contribution in [3.63, 3.8) is 0 Å². The number of rotatable bonds is 3. The maximum atomic E-state index is 12.4. The number of aliphatic carboxylic acids is 1. The molecular weight excluding hydrogens is 380 g/mol. The number of carboxylic acid groups (broad SMARTS) is 1. The van der Waals surface area contributed by atoms with E-state index in [1.54, 1.807) is 25.1 Å². The molecule has 8 heteroatoms. The molecule has 0 unspecified atom stereocenters. The minimum absolute atomic E-state index is 0.101. The van der Waals surface area contributed by atoms with Crippen LogP contribution in [0.5, 0.6) is 0 Å². The minimum atomic E-state index is -0.941. The molecule has 2 aliphatic heterocycles. The maximum Gasteiger partial charge on any atom is 0.308 e. The molecule has 1 fully saturated rings. The molecule has 1 saturated heterocycles. The van der Waals surface area contributed by atoms with E-state index in [1.807, 2.05) is 0 Å². The quantitative estimate of drug-likeness (QED) is 0.777. The SMILES string of the molecule is C[C@@H]1CN(C(=O)CN2C(=O)c3ccc(Br)cc3C2=O)C[C@H]1C(=O)O. The van der Waals surface area contributed by atoms with Gasteiger partial charge in [0.1, 0.15) is 6.54 Å². The second-order valence-electron chi connectivity index (χ2n) is 6.11. The van der Waals surface area contributed by atoms with Crippen LogP contribution < -0.4 is 0 Å². The molecule has 0 spiro atoms. The number of likely N-dealkylation sites (tertiary alicyclic amines) is 1. The summed E-state index contributed by atoms with van der Waals surface area (Å²) in [6.45, 7) is 1.81. The van der Waals surface area contributed by atoms with Crippen LogP contribution in [0.1, 0.15) is 27.6 Å². The Balaban J connectivity index is 1.73. The molecule has 2 aliphatic rings. The third-order valence-electron chi connectivity index (χ3n) is 4.51. The molecule has 2 heterocycles. The van der Waals surface area contributed by atoms with Crippen molar-refractivity contribution in [2.24, 2.45) is 11.8 Å². The van der Waals surface area contributed by atoms with E-state index in [9.17, 15) is 19.2 Å². The van der Waals surface area contributed by atoms with Crippen molar-refractivity contribution in [1.29, 1.82) is 0 Å². The Bertz CT molecular complexity index is 763. The van der Waals surface area contributed by atoms with Crippen LogP contribution in [-0.4, -0.2) is 58.2 Å². The monoisotopic (exact) mass is 394 g/mol. The average molecular weight is 395 g/mol. The number of hydrogen-bond donors (Lipinski definition) is 1. The molecule has 1 aromatic carbocycles. The highest BCUT2D eigenvalue weighted by atomic mass is 79.9. The van der Waals surface area contributed by atoms with Gasteiger partial charge in [-0.05, 0) is 24.1 Å². The smallest absolute Gasteiger partial charge is 0.308 e. The van der Waals surface area contributed by atoms with E-state index < -0.39 is 29.6 Å². The number of imide groups is 1. The van der Waals surface area contributed by atoms with Gasteiger partial charge in [0.05, 0.1) is 17.0 Å². The Morgan fingerprint density at radius 1 is 1.21 bits per heavy atom. The van der Waals surface area contributed by atoms with Gasteiger partial charge >= 0.3 is 5.97 Å². The normalized spacial score (nSPS) is 22.9. The van der Waals surface area contributed by atoms with Gasteiger partial charge in [0.25, 0.3) is 11.8 Å². The van der Waals surface area contributed by atoms with Crippen LogP contribution in [0.4, 0.5) is 0 Å². The molecule has 0 bridgehead atoms. The van der Waals surface area contributed by atoms with E-state index in [-0.39, 0.29) is 30.1 Å². The summed E-state index contributed by atoms with van der Waals surface area (Å²) in [6.07, 6.45) is 0. The zero-order valence-corrected chi connectivity index (χ0v) is 14.4. The lowest BCUT2D eigenvalue weighted by Crippen LogP contribution is -2.42. The fraction of sp³-hybridized carbons (Fsp3) is 0.375. The van der Waals surface area contributed by atoms with Crippen molar-refractivity contribution < 1.29 is 24.3 Å². The highest BCUT2D eigenvalue weighted by Gasteiger charge is 2.41. The molecule has 3 amide bonds. The van der Waals surface area contributed by atoms with Crippen LogP contribution in [-0.2, 0) is 9.59 Å². The van der Waals surface area contributed by atoms with Crippen molar-refractivity contribution in [1.82, 2.24) is 9.80 Å². The summed E-state index contributed by atoms with van der Waals surface area (Å²) in [7, 11) is 0. The number of carboxylic acids is 1. The topological polar surface area (TPSA) is 95.0 Å². The van der Waals surface area contributed by atoms with Crippen molar-refractivity contribution in [3.05, 3.63) is 33.8 Å². The van der Waals surface area contributed by atoms with Gasteiger partial charge in [0.15, 0.2) is 0 Å². The first kappa shape index (κ1) is 16.6. The summed E-state index contributed by atoms with van der Waals surface area (Å²) < 4.78 is 0.674. The molecule has 7 nitrogen and oxygen atoms in total. The zero-order chi connectivity index (χ0) is 17.6. The van der Waals surface area contributed by atoms with Crippen LogP contribution in [0.25, 0.3) is 0 Å². The standard InChI is InChI=1S/C16H15BrN2O5/c1-8-5-18(6-12(8)16(23)24)13(20)7-19-14(21)10-3-2-9(17)4-11(10)15(19)22/h2-4,8,12H,5-7H2,1H3,(H,23,24)/t8-,12-/m1/s1. The van der Waals surface area contributed by atoms with Gasteiger partial charge in [-0.3, -0.25) is 24.1 Å². The highest BCUT2D eigenvalue weighted by molar-refractivity contribution is 9.10. The minimum Gasteiger partial charge on any atom is -0.481 e. The highest BCUT2D eigenvalue weighted by Crippen LogP contribution is 2.27. The number of carbonyl (C=O) groups excluding carboxylic acids is 3. The van der Waals surface area contributed by atoms with E-state index in [4.69, 9.17) is 5.11 Å². The Labute approximate surface area is 146 Å². The van der Waals surface area contributed by atoms with Gasteiger partial charge in [0.2, 0.25) is 5.91 Å². The average Bonchev–Trinajstić information content (AvgIpc) is 3.02. The third-order valence-corrected chi connectivity index (χ3v) is 5.00. The van der Waals surface area contributed by atoms with Crippen molar-refractivity contribution in [3.8, 4) is 0 Å². The van der Waals surface area contributed by atoms with Crippen molar-refractivity contribution in [2.75, 3.05) is 19.6 Å². The number of fused-ring (bicyclic) bond motifs is 1. The number of hydrogen-bond acceptors (Lipinski definition) is 4. The van der Waals surface area contributed by atoms with E-state index in [0.29, 0.717) is 11.0 Å². The number of nitrogens with zero attached hydrogens (tertiary/aromatic N) is 2. The van der Waals surface area contributed by atoms with Crippen molar-refractivity contribution in [2.45, 2.75) is 6.92 Å². The third kappa shape index (κ3) is 2.71. The van der Waals surface area contributed by atoms with Gasteiger partial charge in [-0.2, -0.15) is 0 Å². The fourth-order valence-electron chi connectivity index (χ4n) is 3.13. The molecule has 0 aromatic heterocycles. The Kier molecular flexibility index (Phi) is 4.16. The summed E-state index contributed by atoms with van der Waals surface area (Å²) in [5.74, 6) is -3.15. The molecule has 2 atom stereocenters. The molecule has 0 aliphatic carbocycles. The molecule has 0 saturated carbocycles. The lowest BCUT2D eigenvalue weighted by Gasteiger charge is -2.20. The number of amides is 3. The van der Waals surface area contributed by atoms with Crippen LogP contribution in [0.15, 0.2) is 22.7 Å². The van der Waals surface area contributed by atoms with E-state index >= 15 is 0 Å². The molecule has 3 rings (SSSR count). The zero-order valence-electron chi connectivity index (χ0n) is 12.9. The molecule has 1 aromatic rings. The lowest BCUT2D eigenvalue weighted by molar-refractivity contribution is -0.142. The first-order valence-electron chi connectivity index (χ1n) is 7.46. The first-order valence-corrected chi connectivity index (χ1v) is 8.25. The summed E-state index contributed by atoms with van der Waals surface area (Å²) in [5, 5.41) is 9.13. The molecule has 1 N–H and O–H groups in total. The van der Waals surface area contributed by atoms with Gasteiger partial charge < -0.3 is 10.0 Å². The Morgan fingerprint density at radius 3 is 2.50 bits per heavy atom. The van der Waals surface area contributed by atoms with Gasteiger partial charge in [0, 0.05) is 17.6 Å². The number of benzene rings is 1. The molecule has 24 heavy (non-hydrogen) atoms. The number of halogens is 1. The van der Waals surface area contributed by atoms with E-state index in [2.05, 4.69) is 15.9 Å². The summed E-state index contributed by atoms with van der Waals surface area (Å²) in [5.41, 5.74) is 0.537. The largest absolute Gasteiger partial charge is 0.481 e. The fourth-order valence-corrected chi connectivity index (χ4v) is 3.49. The van der Waals surface area contributed by atoms with Crippen LogP contribution >= 0.6 is 15.9 Å². The summed E-state index contributed by atoms with van der Waals surface area (Å²) in [6, 6.07) is 4.76. The number of carbonyl (C=O) groups is 4. The summed E-state index contributed by atoms with van der Waals surface area (Å²) >= 11 is 3.25. The lowest BCUT2D eigenvalue weighted by atomic mass is 9.99. The Morgan fingerprint density at radius 2 is 1.88 bits per heavy atom. The van der Waals surface area contributed by atoms with Gasteiger partial charge in [-0.25, -0.2) is 0 Å². The second kappa shape index (κ2) is 6.01. The van der Waals surface area contributed by atoms with Crippen LogP contribution in [0.3, 0.4) is 0 Å². The Hall–Kier alpha value is -2.22. The second-order valence-corrected chi connectivity index (χ2v) is 7.02. The van der Waals surface area contributed by atoms with Gasteiger partial charge in [-0.1, -0.05) is 22.9 Å². The van der Waals surface area contributed by atoms with Crippen molar-refractivity contribution >= 4 is 39.6 Å². The first-order chi connectivity index (χ1) is 11.3. The van der Waals surface area contributed by atoms with Crippen LogP contribution in [0, 0.1) is 11.8 Å². The predicted octanol–water partition coefficient (Wildman–Crippen LogP) is 1.22. The van der Waals surface area contributed by atoms with E-state index in [0.717, 1.165) is 4.90 Å².